The molecule has 0 unspecified atom stereocenters. The maximum atomic E-state index is 11.8. The van der Waals surface area contributed by atoms with Gasteiger partial charge in [-0.1, -0.05) is 42.5 Å². The molecule has 0 spiro atoms. The maximum absolute atomic E-state index is 11.8. The molecule has 2 aromatic carbocycles. The number of rotatable bonds is 5. The summed E-state index contributed by atoms with van der Waals surface area (Å²) in [5.74, 6) is 0.140. The van der Waals surface area contributed by atoms with Gasteiger partial charge in [-0.3, -0.25) is 19.9 Å². The number of anilines is 1. The number of hydrogen-bond donors (Lipinski definition) is 2. The first-order chi connectivity index (χ1) is 12.1. The van der Waals surface area contributed by atoms with Crippen molar-refractivity contribution in [2.24, 2.45) is 5.10 Å². The molecule has 8 heteroatoms. The van der Waals surface area contributed by atoms with Gasteiger partial charge in [0.05, 0.1) is 22.4 Å². The third kappa shape index (κ3) is 3.94. The number of benzene rings is 2. The number of H-pyrrole nitrogens is 1. The van der Waals surface area contributed by atoms with Gasteiger partial charge in [-0.2, -0.15) is 5.10 Å². The van der Waals surface area contributed by atoms with Gasteiger partial charge in [-0.25, -0.2) is 10.4 Å². The highest BCUT2D eigenvalue weighted by Crippen LogP contribution is 2.16. The molecule has 0 aliphatic heterocycles. The molecule has 0 bridgehead atoms. The van der Waals surface area contributed by atoms with Crippen molar-refractivity contribution in [2.75, 3.05) is 5.43 Å². The van der Waals surface area contributed by atoms with E-state index in [1.165, 1.54) is 18.3 Å². The summed E-state index contributed by atoms with van der Waals surface area (Å²) >= 11 is 0. The van der Waals surface area contributed by atoms with Gasteiger partial charge < -0.3 is 0 Å². The van der Waals surface area contributed by atoms with E-state index in [0.29, 0.717) is 11.3 Å². The van der Waals surface area contributed by atoms with Crippen LogP contribution in [0.5, 0.6) is 0 Å². The second kappa shape index (κ2) is 7.18. The molecule has 1 heterocycles. The Morgan fingerprint density at radius 1 is 1.12 bits per heavy atom. The summed E-state index contributed by atoms with van der Waals surface area (Å²) < 4.78 is 0. The average Bonchev–Trinajstić information content (AvgIpc) is 2.62. The fourth-order valence-corrected chi connectivity index (χ4v) is 2.19. The van der Waals surface area contributed by atoms with Crippen LogP contribution in [0.1, 0.15) is 5.56 Å². The van der Waals surface area contributed by atoms with Crippen LogP contribution < -0.4 is 11.0 Å². The zero-order chi connectivity index (χ0) is 17.6. The van der Waals surface area contributed by atoms with Crippen molar-refractivity contribution in [2.45, 2.75) is 0 Å². The standard InChI is InChI=1S/C17H13N5O3/c23-16-10-14(12-6-2-1-3-7-12)19-17(20-16)21-18-11-13-8-4-5-9-15(13)22(24)25/h1-11H,(H2,19,20,21,23)/b18-11-. The molecule has 25 heavy (non-hydrogen) atoms. The molecule has 3 aromatic rings. The van der Waals surface area contributed by atoms with Crippen LogP contribution in [0.15, 0.2) is 70.6 Å². The highest BCUT2D eigenvalue weighted by Gasteiger charge is 2.10. The minimum Gasteiger partial charge on any atom is -0.291 e. The molecule has 2 N–H and O–H groups in total. The molecule has 0 atom stereocenters. The van der Waals surface area contributed by atoms with E-state index in [-0.39, 0.29) is 17.2 Å². The molecule has 1 aromatic heterocycles. The number of nitrogens with zero attached hydrogens (tertiary/aromatic N) is 3. The second-order valence-corrected chi connectivity index (χ2v) is 5.03. The van der Waals surface area contributed by atoms with Crippen LogP contribution in [0.25, 0.3) is 11.3 Å². The SMILES string of the molecule is O=c1cc(-c2ccccc2)nc(N/N=C\c2ccccc2[N+](=O)[O-])[nH]1. The molecule has 0 saturated heterocycles. The molecular weight excluding hydrogens is 322 g/mol. The maximum Gasteiger partial charge on any atom is 0.278 e. The van der Waals surface area contributed by atoms with Crippen molar-refractivity contribution >= 4 is 17.9 Å². The van der Waals surface area contributed by atoms with Crippen LogP contribution >= 0.6 is 0 Å². The van der Waals surface area contributed by atoms with Gasteiger partial charge in [-0.05, 0) is 6.07 Å². The fourth-order valence-electron chi connectivity index (χ4n) is 2.19. The third-order valence-electron chi connectivity index (χ3n) is 3.32. The predicted octanol–water partition coefficient (Wildman–Crippen LogP) is 2.79. The lowest BCUT2D eigenvalue weighted by Gasteiger charge is -2.03. The first kappa shape index (κ1) is 16.1. The average molecular weight is 335 g/mol. The summed E-state index contributed by atoms with van der Waals surface area (Å²) in [6.07, 6.45) is 1.30. The Morgan fingerprint density at radius 3 is 2.60 bits per heavy atom. The lowest BCUT2D eigenvalue weighted by molar-refractivity contribution is -0.385. The summed E-state index contributed by atoms with van der Waals surface area (Å²) in [4.78, 5) is 29.1. The van der Waals surface area contributed by atoms with Crippen molar-refractivity contribution in [3.05, 3.63) is 86.7 Å². The predicted molar refractivity (Wildman–Crippen MR) is 94.6 cm³/mol. The minimum atomic E-state index is -0.489. The number of nitro benzene ring substituents is 1. The van der Waals surface area contributed by atoms with Gasteiger partial charge in [0.1, 0.15) is 0 Å². The van der Waals surface area contributed by atoms with Crippen LogP contribution in [-0.4, -0.2) is 21.1 Å². The summed E-state index contributed by atoms with van der Waals surface area (Å²) in [7, 11) is 0. The third-order valence-corrected chi connectivity index (χ3v) is 3.32. The van der Waals surface area contributed by atoms with E-state index >= 15 is 0 Å². The molecule has 0 saturated carbocycles. The summed E-state index contributed by atoms with van der Waals surface area (Å²) in [6.45, 7) is 0. The molecule has 0 fully saturated rings. The number of nitrogens with one attached hydrogen (secondary N) is 2. The topological polar surface area (TPSA) is 113 Å². The molecule has 0 aliphatic carbocycles. The first-order valence-corrected chi connectivity index (χ1v) is 7.33. The van der Waals surface area contributed by atoms with E-state index in [4.69, 9.17) is 0 Å². The molecule has 0 amide bonds. The van der Waals surface area contributed by atoms with Gasteiger partial charge >= 0.3 is 0 Å². The van der Waals surface area contributed by atoms with Crippen LogP contribution in [0, 0.1) is 10.1 Å². The Balaban J connectivity index is 1.84. The lowest BCUT2D eigenvalue weighted by Crippen LogP contribution is -2.10. The van der Waals surface area contributed by atoms with E-state index in [9.17, 15) is 14.9 Å². The monoisotopic (exact) mass is 335 g/mol. The Labute approximate surface area is 142 Å². The van der Waals surface area contributed by atoms with E-state index in [0.717, 1.165) is 5.56 Å². The first-order valence-electron chi connectivity index (χ1n) is 7.33. The number of aromatic amines is 1. The summed E-state index contributed by atoms with van der Waals surface area (Å²) in [6, 6.07) is 16.8. The molecule has 0 aliphatic rings. The van der Waals surface area contributed by atoms with Crippen LogP contribution in [0.2, 0.25) is 0 Å². The molecule has 3 rings (SSSR count). The lowest BCUT2D eigenvalue weighted by atomic mass is 10.1. The minimum absolute atomic E-state index is 0.0625. The number of aromatic nitrogens is 2. The van der Waals surface area contributed by atoms with Gasteiger partial charge in [0.2, 0.25) is 5.95 Å². The Bertz CT molecular complexity index is 983. The van der Waals surface area contributed by atoms with Crippen LogP contribution in [0.4, 0.5) is 11.6 Å². The van der Waals surface area contributed by atoms with Crippen molar-refractivity contribution in [3.8, 4) is 11.3 Å². The van der Waals surface area contributed by atoms with E-state index < -0.39 is 4.92 Å². The van der Waals surface area contributed by atoms with Crippen molar-refractivity contribution in [3.63, 3.8) is 0 Å². The van der Waals surface area contributed by atoms with Crippen molar-refractivity contribution in [1.82, 2.24) is 9.97 Å². The van der Waals surface area contributed by atoms with Crippen LogP contribution in [-0.2, 0) is 0 Å². The smallest absolute Gasteiger partial charge is 0.278 e. The number of nitro groups is 1. The van der Waals surface area contributed by atoms with E-state index in [1.54, 1.807) is 18.2 Å². The number of hydrazone groups is 1. The van der Waals surface area contributed by atoms with E-state index in [1.807, 2.05) is 30.3 Å². The normalized spacial score (nSPS) is 10.7. The number of para-hydroxylation sites is 1. The number of hydrogen-bond acceptors (Lipinski definition) is 6. The highest BCUT2D eigenvalue weighted by molar-refractivity contribution is 5.85. The molecule has 8 nitrogen and oxygen atoms in total. The fraction of sp³-hybridized carbons (Fsp3) is 0. The zero-order valence-corrected chi connectivity index (χ0v) is 12.9. The van der Waals surface area contributed by atoms with Gasteiger partial charge in [0.15, 0.2) is 0 Å². The van der Waals surface area contributed by atoms with Gasteiger partial charge in [0, 0.05) is 17.7 Å². The molecule has 0 radical (unpaired) electrons. The molecule has 124 valence electrons. The summed E-state index contributed by atoms with van der Waals surface area (Å²) in [5, 5.41) is 14.9. The Kier molecular flexibility index (Phi) is 4.61. The molecular formula is C17H13N5O3. The van der Waals surface area contributed by atoms with Crippen molar-refractivity contribution < 1.29 is 4.92 Å². The second-order valence-electron chi connectivity index (χ2n) is 5.03. The van der Waals surface area contributed by atoms with Gasteiger partial charge in [-0.15, -0.1) is 0 Å². The Hall–Kier alpha value is -3.81. The zero-order valence-electron chi connectivity index (χ0n) is 12.9. The largest absolute Gasteiger partial charge is 0.291 e. The van der Waals surface area contributed by atoms with Gasteiger partial charge in [0.25, 0.3) is 11.2 Å². The summed E-state index contributed by atoms with van der Waals surface area (Å²) in [5.41, 5.74) is 3.81. The quantitative estimate of drug-likeness (QED) is 0.423. The Morgan fingerprint density at radius 2 is 1.84 bits per heavy atom. The van der Waals surface area contributed by atoms with E-state index in [2.05, 4.69) is 20.5 Å². The highest BCUT2D eigenvalue weighted by atomic mass is 16.6. The van der Waals surface area contributed by atoms with Crippen LogP contribution in [0.3, 0.4) is 0 Å². The van der Waals surface area contributed by atoms with Crippen molar-refractivity contribution in [1.29, 1.82) is 0 Å².